The normalized spacial score (nSPS) is 15.3. The molecule has 0 bridgehead atoms. The van der Waals surface area contributed by atoms with E-state index in [1.54, 1.807) is 6.20 Å². The molecule has 2 aromatic rings. The zero-order chi connectivity index (χ0) is 15.1. The first-order valence-corrected chi connectivity index (χ1v) is 7.93. The number of benzene rings is 1. The van der Waals surface area contributed by atoms with Gasteiger partial charge in [0.15, 0.2) is 0 Å². The highest BCUT2D eigenvalue weighted by atomic mass is 15.0. The first-order chi connectivity index (χ1) is 10.8. The number of hydrogen-bond donors (Lipinski definition) is 1. The van der Waals surface area contributed by atoms with Crippen molar-refractivity contribution in [2.24, 2.45) is 0 Å². The van der Waals surface area contributed by atoms with E-state index >= 15 is 0 Å². The number of anilines is 2. The molecule has 0 spiro atoms. The predicted molar refractivity (Wildman–Crippen MR) is 85.3 cm³/mol. The Bertz CT molecular complexity index is 769. The minimum absolute atomic E-state index is 0.220. The molecule has 1 aromatic heterocycles. The van der Waals surface area contributed by atoms with Crippen molar-refractivity contribution < 1.29 is 0 Å². The summed E-state index contributed by atoms with van der Waals surface area (Å²) in [6.07, 6.45) is 8.84. The van der Waals surface area contributed by atoms with Crippen LogP contribution in [0.1, 0.15) is 46.5 Å². The molecule has 110 valence electrons. The maximum Gasteiger partial charge on any atom is 0.234 e. The summed E-state index contributed by atoms with van der Waals surface area (Å²) in [6.45, 7) is 1.98. The molecular formula is C18H18N4. The fourth-order valence-electron chi connectivity index (χ4n) is 3.71. The Morgan fingerprint density at radius 3 is 2.41 bits per heavy atom. The highest BCUT2D eigenvalue weighted by molar-refractivity contribution is 5.71. The van der Waals surface area contributed by atoms with Crippen molar-refractivity contribution in [2.75, 3.05) is 5.32 Å². The number of fused-ring (bicyclic) bond motifs is 2. The average molecular weight is 290 g/mol. The second kappa shape index (κ2) is 5.10. The number of nitrogens with zero attached hydrogens (tertiary/aromatic N) is 3. The number of aromatic nitrogens is 2. The van der Waals surface area contributed by atoms with Crippen molar-refractivity contribution in [3.8, 4) is 6.07 Å². The van der Waals surface area contributed by atoms with E-state index in [1.165, 1.54) is 53.6 Å². The average Bonchev–Trinajstić information content (AvgIpc) is 3.17. The van der Waals surface area contributed by atoms with Crippen LogP contribution in [0.3, 0.4) is 0 Å². The van der Waals surface area contributed by atoms with Crippen molar-refractivity contribution in [1.29, 1.82) is 5.26 Å². The molecule has 0 saturated carbocycles. The Morgan fingerprint density at radius 2 is 1.77 bits per heavy atom. The largest absolute Gasteiger partial charge is 0.339 e. The lowest BCUT2D eigenvalue weighted by Crippen LogP contribution is -2.05. The monoisotopic (exact) mass is 290 g/mol. The number of rotatable bonds is 2. The van der Waals surface area contributed by atoms with Gasteiger partial charge in [-0.15, -0.1) is 0 Å². The molecular weight excluding hydrogens is 272 g/mol. The van der Waals surface area contributed by atoms with Crippen LogP contribution in [-0.4, -0.2) is 9.97 Å². The van der Waals surface area contributed by atoms with E-state index in [9.17, 15) is 0 Å². The molecule has 0 unspecified atom stereocenters. The summed E-state index contributed by atoms with van der Waals surface area (Å²) >= 11 is 0. The van der Waals surface area contributed by atoms with Gasteiger partial charge in [0, 0.05) is 17.4 Å². The van der Waals surface area contributed by atoms with Gasteiger partial charge in [-0.1, -0.05) is 6.07 Å². The molecule has 0 aliphatic heterocycles. The van der Waals surface area contributed by atoms with E-state index in [2.05, 4.69) is 21.4 Å². The van der Waals surface area contributed by atoms with E-state index in [-0.39, 0.29) is 5.82 Å². The minimum atomic E-state index is 0.220. The summed E-state index contributed by atoms with van der Waals surface area (Å²) in [4.78, 5) is 8.39. The number of nitriles is 1. The lowest BCUT2D eigenvalue weighted by molar-refractivity contribution is 0.898. The summed E-state index contributed by atoms with van der Waals surface area (Å²) in [5.41, 5.74) is 8.13. The van der Waals surface area contributed by atoms with Crippen LogP contribution in [0.2, 0.25) is 0 Å². The number of hydrogen-bond acceptors (Lipinski definition) is 4. The topological polar surface area (TPSA) is 61.6 Å². The van der Waals surface area contributed by atoms with Crippen LogP contribution in [0.15, 0.2) is 12.3 Å². The Hall–Kier alpha value is -2.41. The van der Waals surface area contributed by atoms with Gasteiger partial charge < -0.3 is 5.32 Å². The van der Waals surface area contributed by atoms with E-state index in [0.29, 0.717) is 0 Å². The zero-order valence-electron chi connectivity index (χ0n) is 12.7. The van der Waals surface area contributed by atoms with Gasteiger partial charge >= 0.3 is 0 Å². The highest BCUT2D eigenvalue weighted by Gasteiger charge is 2.24. The molecule has 0 atom stereocenters. The zero-order valence-corrected chi connectivity index (χ0v) is 12.7. The first kappa shape index (κ1) is 13.3. The molecule has 2 aliphatic rings. The third-order valence-corrected chi connectivity index (χ3v) is 4.79. The van der Waals surface area contributed by atoms with Crippen molar-refractivity contribution in [3.05, 3.63) is 45.9 Å². The SMILES string of the molecule is Cc1cnc(C#N)nc1Nc1c2c(cc3c1CCC3)CCC2. The smallest absolute Gasteiger partial charge is 0.234 e. The van der Waals surface area contributed by atoms with Crippen molar-refractivity contribution in [1.82, 2.24) is 9.97 Å². The van der Waals surface area contributed by atoms with Gasteiger partial charge in [0.1, 0.15) is 11.9 Å². The molecule has 2 aliphatic carbocycles. The third-order valence-electron chi connectivity index (χ3n) is 4.79. The predicted octanol–water partition coefficient (Wildman–Crippen LogP) is 3.38. The quantitative estimate of drug-likeness (QED) is 0.921. The third kappa shape index (κ3) is 2.05. The summed E-state index contributed by atoms with van der Waals surface area (Å²) < 4.78 is 0. The van der Waals surface area contributed by atoms with E-state index in [0.717, 1.165) is 24.2 Å². The highest BCUT2D eigenvalue weighted by Crippen LogP contribution is 2.39. The van der Waals surface area contributed by atoms with Crippen LogP contribution in [0.5, 0.6) is 0 Å². The second-order valence-electron chi connectivity index (χ2n) is 6.20. The van der Waals surface area contributed by atoms with Crippen molar-refractivity contribution in [3.63, 3.8) is 0 Å². The van der Waals surface area contributed by atoms with E-state index in [4.69, 9.17) is 5.26 Å². The minimum Gasteiger partial charge on any atom is -0.339 e. The Kier molecular flexibility index (Phi) is 3.07. The van der Waals surface area contributed by atoms with E-state index in [1.807, 2.05) is 13.0 Å². The van der Waals surface area contributed by atoms with Crippen LogP contribution in [0.25, 0.3) is 0 Å². The van der Waals surface area contributed by atoms with Crippen LogP contribution in [0.4, 0.5) is 11.5 Å². The Morgan fingerprint density at radius 1 is 1.09 bits per heavy atom. The molecule has 4 rings (SSSR count). The van der Waals surface area contributed by atoms with Crippen molar-refractivity contribution >= 4 is 11.5 Å². The molecule has 22 heavy (non-hydrogen) atoms. The lowest BCUT2D eigenvalue weighted by Gasteiger charge is -2.17. The maximum absolute atomic E-state index is 9.03. The Balaban J connectivity index is 1.83. The van der Waals surface area contributed by atoms with Gasteiger partial charge in [-0.25, -0.2) is 9.97 Å². The molecule has 0 amide bonds. The standard InChI is InChI=1S/C18H18N4/c1-11-10-20-16(9-19)21-18(11)22-17-14-6-2-4-12(14)8-13-5-3-7-15(13)17/h8,10H,2-7H2,1H3,(H,20,21,22). The van der Waals surface area contributed by atoms with Gasteiger partial charge in [-0.05, 0) is 67.7 Å². The number of nitrogens with one attached hydrogen (secondary N) is 1. The fourth-order valence-corrected chi connectivity index (χ4v) is 3.71. The lowest BCUT2D eigenvalue weighted by atomic mass is 9.98. The fraction of sp³-hybridized carbons (Fsp3) is 0.389. The van der Waals surface area contributed by atoms with E-state index < -0.39 is 0 Å². The van der Waals surface area contributed by atoms with Gasteiger partial charge in [0.25, 0.3) is 0 Å². The summed E-state index contributed by atoms with van der Waals surface area (Å²) in [5.74, 6) is 0.985. The molecule has 0 radical (unpaired) electrons. The molecule has 0 fully saturated rings. The number of aryl methyl sites for hydroxylation is 3. The molecule has 1 aromatic carbocycles. The van der Waals surface area contributed by atoms with Crippen LogP contribution in [-0.2, 0) is 25.7 Å². The maximum atomic E-state index is 9.03. The molecule has 0 saturated heterocycles. The first-order valence-electron chi connectivity index (χ1n) is 7.93. The van der Waals surface area contributed by atoms with Crippen LogP contribution >= 0.6 is 0 Å². The summed E-state index contributed by atoms with van der Waals surface area (Å²) in [5, 5.41) is 12.6. The molecule has 1 N–H and O–H groups in total. The van der Waals surface area contributed by atoms with Gasteiger partial charge in [-0.2, -0.15) is 5.26 Å². The molecule has 1 heterocycles. The summed E-state index contributed by atoms with van der Waals surface area (Å²) in [7, 11) is 0. The van der Waals surface area contributed by atoms with Gasteiger partial charge in [0.2, 0.25) is 5.82 Å². The van der Waals surface area contributed by atoms with Gasteiger partial charge in [0.05, 0.1) is 0 Å². The van der Waals surface area contributed by atoms with Crippen LogP contribution in [0, 0.1) is 18.3 Å². The van der Waals surface area contributed by atoms with Gasteiger partial charge in [-0.3, -0.25) is 0 Å². The molecule has 4 nitrogen and oxygen atoms in total. The van der Waals surface area contributed by atoms with Crippen LogP contribution < -0.4 is 5.32 Å². The second-order valence-corrected chi connectivity index (χ2v) is 6.20. The summed E-state index contributed by atoms with van der Waals surface area (Å²) in [6, 6.07) is 4.44. The van der Waals surface area contributed by atoms with Crippen molar-refractivity contribution in [2.45, 2.75) is 45.4 Å². The Labute approximate surface area is 130 Å². The molecule has 4 heteroatoms.